The van der Waals surface area contributed by atoms with E-state index in [2.05, 4.69) is 84.4 Å². The molecule has 0 aliphatic heterocycles. The van der Waals surface area contributed by atoms with E-state index >= 15 is 0 Å². The van der Waals surface area contributed by atoms with E-state index in [9.17, 15) is 4.79 Å². The SMILES string of the molecule is CCCC[C@@H]1C[C@H](NC(C)(C)C)CC[C@@H]1NC(=O)CNc1ncnc2cnc(C(C)(C)C)nc12. The van der Waals surface area contributed by atoms with E-state index in [0.29, 0.717) is 28.8 Å². The molecular formula is C26H43N7O. The Morgan fingerprint density at radius 3 is 2.53 bits per heavy atom. The minimum atomic E-state index is -0.188. The third-order valence-corrected chi connectivity index (χ3v) is 6.36. The summed E-state index contributed by atoms with van der Waals surface area (Å²) in [6.07, 6.45) is 9.92. The van der Waals surface area contributed by atoms with Crippen LogP contribution in [0.3, 0.4) is 0 Å². The summed E-state index contributed by atoms with van der Waals surface area (Å²) in [6.45, 7) is 15.3. The molecular weight excluding hydrogens is 426 g/mol. The Morgan fingerprint density at radius 1 is 1.09 bits per heavy atom. The van der Waals surface area contributed by atoms with Crippen LogP contribution < -0.4 is 16.0 Å². The fourth-order valence-corrected chi connectivity index (χ4v) is 4.75. The van der Waals surface area contributed by atoms with Crippen molar-refractivity contribution in [2.45, 2.75) is 110 Å². The number of amides is 1. The molecule has 34 heavy (non-hydrogen) atoms. The van der Waals surface area contributed by atoms with Crippen molar-refractivity contribution >= 4 is 22.8 Å². The molecule has 8 nitrogen and oxygen atoms in total. The van der Waals surface area contributed by atoms with E-state index in [4.69, 9.17) is 0 Å². The van der Waals surface area contributed by atoms with Gasteiger partial charge in [-0.1, -0.05) is 40.5 Å². The fraction of sp³-hybridized carbons (Fsp3) is 0.731. The fourth-order valence-electron chi connectivity index (χ4n) is 4.75. The number of hydrogen-bond acceptors (Lipinski definition) is 7. The van der Waals surface area contributed by atoms with Crippen molar-refractivity contribution in [1.82, 2.24) is 30.6 Å². The first-order chi connectivity index (χ1) is 16.0. The molecule has 3 N–H and O–H groups in total. The van der Waals surface area contributed by atoms with Gasteiger partial charge in [0.1, 0.15) is 23.2 Å². The Hall–Kier alpha value is -2.35. The van der Waals surface area contributed by atoms with Crippen LogP contribution >= 0.6 is 0 Å². The number of rotatable bonds is 8. The van der Waals surface area contributed by atoms with Gasteiger partial charge in [0.2, 0.25) is 5.91 Å². The van der Waals surface area contributed by atoms with E-state index in [1.54, 1.807) is 6.20 Å². The van der Waals surface area contributed by atoms with Crippen LogP contribution in [0.2, 0.25) is 0 Å². The Morgan fingerprint density at radius 2 is 1.85 bits per heavy atom. The summed E-state index contributed by atoms with van der Waals surface area (Å²) in [7, 11) is 0. The van der Waals surface area contributed by atoms with Crippen LogP contribution in [-0.4, -0.2) is 50.0 Å². The molecule has 1 fully saturated rings. The van der Waals surface area contributed by atoms with Gasteiger partial charge in [0.25, 0.3) is 0 Å². The van der Waals surface area contributed by atoms with E-state index in [0.717, 1.165) is 31.5 Å². The number of unbranched alkanes of at least 4 members (excludes halogenated alkanes) is 1. The Labute approximate surface area is 204 Å². The summed E-state index contributed by atoms with van der Waals surface area (Å²) in [4.78, 5) is 30.7. The van der Waals surface area contributed by atoms with Gasteiger partial charge in [0, 0.05) is 23.0 Å². The highest BCUT2D eigenvalue weighted by molar-refractivity contribution is 5.87. The maximum absolute atomic E-state index is 12.9. The van der Waals surface area contributed by atoms with Gasteiger partial charge < -0.3 is 16.0 Å². The molecule has 0 spiro atoms. The van der Waals surface area contributed by atoms with E-state index in [1.807, 2.05) is 0 Å². The smallest absolute Gasteiger partial charge is 0.239 e. The van der Waals surface area contributed by atoms with Gasteiger partial charge in [-0.2, -0.15) is 0 Å². The standard InChI is InChI=1S/C26H43N7O/c1-8-9-10-17-13-18(33-26(5,6)7)11-12-19(17)31-21(34)15-27-23-22-20(29-16-30-23)14-28-24(32-22)25(2,3)4/h14,16-19,33H,8-13,15H2,1-7H3,(H,31,34)(H,27,29,30)/t17-,18-,19+/m1/s1. The van der Waals surface area contributed by atoms with E-state index < -0.39 is 0 Å². The first-order valence-electron chi connectivity index (χ1n) is 12.8. The molecule has 3 rings (SSSR count). The summed E-state index contributed by atoms with van der Waals surface area (Å²) in [5, 5.41) is 10.3. The molecule has 1 amide bonds. The molecule has 0 unspecified atom stereocenters. The number of nitrogens with zero attached hydrogens (tertiary/aromatic N) is 4. The molecule has 2 aromatic heterocycles. The van der Waals surface area contributed by atoms with Gasteiger partial charge in [-0.3, -0.25) is 4.79 Å². The van der Waals surface area contributed by atoms with Gasteiger partial charge >= 0.3 is 0 Å². The quantitative estimate of drug-likeness (QED) is 0.527. The molecule has 2 aromatic rings. The van der Waals surface area contributed by atoms with Crippen LogP contribution in [0.4, 0.5) is 5.82 Å². The maximum atomic E-state index is 12.9. The molecule has 1 aliphatic rings. The highest BCUT2D eigenvalue weighted by atomic mass is 16.2. The Bertz CT molecular complexity index is 964. The zero-order valence-electron chi connectivity index (χ0n) is 22.0. The normalized spacial score (nSPS) is 21.4. The number of anilines is 1. The lowest BCUT2D eigenvalue weighted by Crippen LogP contribution is -2.52. The lowest BCUT2D eigenvalue weighted by Gasteiger charge is -2.40. The third-order valence-electron chi connectivity index (χ3n) is 6.36. The number of aromatic nitrogens is 4. The van der Waals surface area contributed by atoms with Gasteiger partial charge in [-0.25, -0.2) is 19.9 Å². The predicted molar refractivity (Wildman–Crippen MR) is 138 cm³/mol. The Kier molecular flexibility index (Phi) is 8.44. The van der Waals surface area contributed by atoms with Gasteiger partial charge in [0.15, 0.2) is 5.82 Å². The van der Waals surface area contributed by atoms with Crippen LogP contribution in [0.15, 0.2) is 12.5 Å². The highest BCUT2D eigenvalue weighted by Crippen LogP contribution is 2.30. The molecule has 0 saturated heterocycles. The second-order valence-electron chi connectivity index (χ2n) is 11.7. The van der Waals surface area contributed by atoms with Crippen molar-refractivity contribution in [3.05, 3.63) is 18.3 Å². The monoisotopic (exact) mass is 469 g/mol. The van der Waals surface area contributed by atoms with Crippen LogP contribution in [0.1, 0.15) is 92.8 Å². The first-order valence-corrected chi connectivity index (χ1v) is 12.8. The van der Waals surface area contributed by atoms with Gasteiger partial charge in [0.05, 0.1) is 12.7 Å². The molecule has 1 saturated carbocycles. The van der Waals surface area contributed by atoms with Crippen LogP contribution in [0, 0.1) is 5.92 Å². The number of carbonyl (C=O) groups is 1. The largest absolute Gasteiger partial charge is 0.359 e. The lowest BCUT2D eigenvalue weighted by atomic mass is 9.78. The molecule has 3 atom stereocenters. The summed E-state index contributed by atoms with van der Waals surface area (Å²) in [6, 6.07) is 0.730. The summed E-state index contributed by atoms with van der Waals surface area (Å²) < 4.78 is 0. The maximum Gasteiger partial charge on any atom is 0.239 e. The van der Waals surface area contributed by atoms with Crippen LogP contribution in [0.5, 0.6) is 0 Å². The predicted octanol–water partition coefficient (Wildman–Crippen LogP) is 4.36. The zero-order chi connectivity index (χ0) is 24.9. The number of carbonyl (C=O) groups excluding carboxylic acids is 1. The first kappa shape index (κ1) is 26.3. The second kappa shape index (κ2) is 10.9. The number of nitrogens with one attached hydrogen (secondary N) is 3. The van der Waals surface area contributed by atoms with Gasteiger partial charge in [-0.05, 0) is 52.4 Å². The average molecular weight is 470 g/mol. The third kappa shape index (κ3) is 7.32. The summed E-state index contributed by atoms with van der Waals surface area (Å²) in [5.41, 5.74) is 1.23. The topological polar surface area (TPSA) is 105 Å². The molecule has 0 radical (unpaired) electrons. The summed E-state index contributed by atoms with van der Waals surface area (Å²) >= 11 is 0. The molecule has 1 aliphatic carbocycles. The Balaban J connectivity index is 1.64. The lowest BCUT2D eigenvalue weighted by molar-refractivity contribution is -0.120. The summed E-state index contributed by atoms with van der Waals surface area (Å²) in [5.74, 6) is 1.78. The molecule has 0 aromatic carbocycles. The van der Waals surface area contributed by atoms with Crippen molar-refractivity contribution in [1.29, 1.82) is 0 Å². The minimum Gasteiger partial charge on any atom is -0.359 e. The molecule has 188 valence electrons. The van der Waals surface area contributed by atoms with Crippen molar-refractivity contribution < 1.29 is 4.79 Å². The zero-order valence-corrected chi connectivity index (χ0v) is 22.0. The highest BCUT2D eigenvalue weighted by Gasteiger charge is 2.32. The minimum absolute atomic E-state index is 0.00871. The number of hydrogen-bond donors (Lipinski definition) is 3. The number of fused-ring (bicyclic) bond motifs is 1. The second-order valence-corrected chi connectivity index (χ2v) is 11.7. The van der Waals surface area contributed by atoms with E-state index in [1.165, 1.54) is 19.2 Å². The average Bonchev–Trinajstić information content (AvgIpc) is 2.75. The molecule has 0 bridgehead atoms. The van der Waals surface area contributed by atoms with E-state index in [-0.39, 0.29) is 29.4 Å². The van der Waals surface area contributed by atoms with Crippen LogP contribution in [0.25, 0.3) is 11.0 Å². The van der Waals surface area contributed by atoms with Gasteiger partial charge in [-0.15, -0.1) is 0 Å². The molecule has 2 heterocycles. The molecule has 8 heteroatoms. The van der Waals surface area contributed by atoms with Crippen molar-refractivity contribution in [3.8, 4) is 0 Å². The van der Waals surface area contributed by atoms with Crippen LogP contribution in [-0.2, 0) is 10.2 Å². The van der Waals surface area contributed by atoms with Crippen molar-refractivity contribution in [3.63, 3.8) is 0 Å². The van der Waals surface area contributed by atoms with Crippen molar-refractivity contribution in [2.75, 3.05) is 11.9 Å². The van der Waals surface area contributed by atoms with Crippen molar-refractivity contribution in [2.24, 2.45) is 5.92 Å².